The Morgan fingerprint density at radius 3 is 2.36 bits per heavy atom. The van der Waals surface area contributed by atoms with Crippen molar-refractivity contribution >= 4 is 26.9 Å². The summed E-state index contributed by atoms with van der Waals surface area (Å²) in [6, 6.07) is 13.1. The van der Waals surface area contributed by atoms with Crippen molar-refractivity contribution in [1.82, 2.24) is 9.62 Å². The highest BCUT2D eigenvalue weighted by Crippen LogP contribution is 2.30. The number of carbonyl (C=O) groups is 1. The molecule has 1 aliphatic rings. The fraction of sp³-hybridized carbons (Fsp3) is 0.476. The van der Waals surface area contributed by atoms with Gasteiger partial charge in [-0.05, 0) is 60.4 Å². The van der Waals surface area contributed by atoms with E-state index in [0.717, 1.165) is 36.5 Å². The summed E-state index contributed by atoms with van der Waals surface area (Å²) in [7, 11) is -3.53. The fourth-order valence-corrected chi connectivity index (χ4v) is 5.57. The molecule has 7 heteroatoms. The van der Waals surface area contributed by atoms with Gasteiger partial charge < -0.3 is 10.4 Å². The first-order valence-electron chi connectivity index (χ1n) is 9.86. The molecular formula is C21H28N2O4S. The zero-order valence-electron chi connectivity index (χ0n) is 16.2. The Morgan fingerprint density at radius 1 is 1.07 bits per heavy atom. The lowest BCUT2D eigenvalue weighted by Gasteiger charge is -2.32. The average molecular weight is 405 g/mol. The Labute approximate surface area is 166 Å². The fourth-order valence-electron chi connectivity index (χ4n) is 4.01. The van der Waals surface area contributed by atoms with Crippen molar-refractivity contribution in [2.24, 2.45) is 11.8 Å². The average Bonchev–Trinajstić information content (AvgIpc) is 2.70. The number of rotatable bonds is 7. The van der Waals surface area contributed by atoms with Crippen LogP contribution in [0.3, 0.4) is 0 Å². The smallest absolute Gasteiger partial charge is 0.404 e. The molecule has 2 aromatic rings. The molecule has 1 amide bonds. The second-order valence-electron chi connectivity index (χ2n) is 7.54. The van der Waals surface area contributed by atoms with Crippen LogP contribution in [-0.4, -0.2) is 43.6 Å². The topological polar surface area (TPSA) is 86.7 Å². The van der Waals surface area contributed by atoms with E-state index < -0.39 is 16.1 Å². The number of hydrogen-bond acceptors (Lipinski definition) is 3. The van der Waals surface area contributed by atoms with Crippen LogP contribution in [0, 0.1) is 11.8 Å². The number of fused-ring (bicyclic) bond motifs is 1. The summed E-state index contributed by atoms with van der Waals surface area (Å²) < 4.78 is 27.9. The maximum atomic E-state index is 13.2. The van der Waals surface area contributed by atoms with Crippen LogP contribution in [0.2, 0.25) is 0 Å². The van der Waals surface area contributed by atoms with Gasteiger partial charge >= 0.3 is 6.09 Å². The van der Waals surface area contributed by atoms with Crippen LogP contribution in [-0.2, 0) is 10.0 Å². The van der Waals surface area contributed by atoms with Crippen molar-refractivity contribution < 1.29 is 18.3 Å². The van der Waals surface area contributed by atoms with E-state index >= 15 is 0 Å². The van der Waals surface area contributed by atoms with Crippen molar-refractivity contribution in [3.63, 3.8) is 0 Å². The van der Waals surface area contributed by atoms with Crippen LogP contribution in [0.1, 0.15) is 32.6 Å². The molecule has 152 valence electrons. The molecule has 0 aromatic heterocycles. The van der Waals surface area contributed by atoms with Gasteiger partial charge in [-0.25, -0.2) is 13.2 Å². The van der Waals surface area contributed by atoms with Crippen molar-refractivity contribution in [3.8, 4) is 0 Å². The molecule has 0 saturated heterocycles. The summed E-state index contributed by atoms with van der Waals surface area (Å²) in [5.74, 6) is 0.663. The van der Waals surface area contributed by atoms with E-state index in [0.29, 0.717) is 36.4 Å². The Balaban J connectivity index is 1.66. The first-order chi connectivity index (χ1) is 13.4. The van der Waals surface area contributed by atoms with E-state index in [4.69, 9.17) is 5.11 Å². The third-order valence-electron chi connectivity index (χ3n) is 5.68. The van der Waals surface area contributed by atoms with E-state index in [1.807, 2.05) is 37.3 Å². The van der Waals surface area contributed by atoms with E-state index in [1.54, 1.807) is 16.4 Å². The Kier molecular flexibility index (Phi) is 6.57. The molecular weight excluding hydrogens is 376 g/mol. The molecule has 1 saturated carbocycles. The Hall–Kier alpha value is -2.12. The molecule has 0 heterocycles. The third kappa shape index (κ3) is 4.83. The maximum absolute atomic E-state index is 13.2. The molecule has 1 fully saturated rings. The van der Waals surface area contributed by atoms with Gasteiger partial charge in [-0.1, -0.05) is 37.3 Å². The van der Waals surface area contributed by atoms with Crippen LogP contribution in [0.5, 0.6) is 0 Å². The first kappa shape index (κ1) is 20.6. The van der Waals surface area contributed by atoms with Crippen LogP contribution in [0.15, 0.2) is 47.4 Å². The van der Waals surface area contributed by atoms with Gasteiger partial charge in [0.15, 0.2) is 0 Å². The minimum atomic E-state index is -3.53. The summed E-state index contributed by atoms with van der Waals surface area (Å²) in [6.45, 7) is 3.32. The van der Waals surface area contributed by atoms with Crippen molar-refractivity contribution in [2.45, 2.75) is 37.5 Å². The van der Waals surface area contributed by atoms with Crippen LogP contribution in [0.25, 0.3) is 10.8 Å². The molecule has 0 aliphatic heterocycles. The summed E-state index contributed by atoms with van der Waals surface area (Å²) in [6.07, 6.45) is 2.73. The first-order valence-corrected chi connectivity index (χ1v) is 11.3. The minimum absolute atomic E-state index is 0.316. The highest BCUT2D eigenvalue weighted by Gasteiger charge is 2.29. The Bertz CT molecular complexity index is 921. The number of sulfonamides is 1. The summed E-state index contributed by atoms with van der Waals surface area (Å²) in [5, 5.41) is 13.1. The number of nitrogens with one attached hydrogen (secondary N) is 1. The van der Waals surface area contributed by atoms with E-state index in [9.17, 15) is 13.2 Å². The summed E-state index contributed by atoms with van der Waals surface area (Å²) in [5.41, 5.74) is 0. The highest BCUT2D eigenvalue weighted by molar-refractivity contribution is 7.89. The number of nitrogens with zero attached hydrogens (tertiary/aromatic N) is 1. The lowest BCUT2D eigenvalue weighted by atomic mass is 9.82. The number of carboxylic acid groups (broad SMARTS) is 1. The molecule has 1 aliphatic carbocycles. The number of amides is 1. The maximum Gasteiger partial charge on any atom is 0.404 e. The second kappa shape index (κ2) is 8.92. The van der Waals surface area contributed by atoms with Crippen LogP contribution >= 0.6 is 0 Å². The standard InChI is InChI=1S/C21H28N2O4S/c1-2-23(15-17-9-7-16(8-10-17)14-22-21(24)25)28(26,27)20-12-11-18-5-3-4-6-19(18)13-20/h3-6,11-13,16-17,22H,2,7-10,14-15H2,1H3,(H,24,25)/t16-,17-. The SMILES string of the molecule is CCN(C[C@H]1CC[C@H](CNC(=O)O)CC1)S(=O)(=O)c1ccc2ccccc2c1. The summed E-state index contributed by atoms with van der Waals surface area (Å²) >= 11 is 0. The minimum Gasteiger partial charge on any atom is -0.465 e. The quantitative estimate of drug-likeness (QED) is 0.732. The van der Waals surface area contributed by atoms with Gasteiger partial charge in [0.25, 0.3) is 0 Å². The molecule has 0 spiro atoms. The molecule has 0 unspecified atom stereocenters. The predicted octanol–water partition coefficient (Wildman–Crippen LogP) is 3.92. The predicted molar refractivity (Wildman–Crippen MR) is 110 cm³/mol. The lowest BCUT2D eigenvalue weighted by molar-refractivity contribution is 0.186. The molecule has 0 bridgehead atoms. The van der Waals surface area contributed by atoms with Gasteiger partial charge in [0.1, 0.15) is 0 Å². The van der Waals surface area contributed by atoms with E-state index in [-0.39, 0.29) is 0 Å². The zero-order valence-corrected chi connectivity index (χ0v) is 17.0. The van der Waals surface area contributed by atoms with Gasteiger partial charge in [-0.3, -0.25) is 0 Å². The van der Waals surface area contributed by atoms with Gasteiger partial charge in [0, 0.05) is 19.6 Å². The summed E-state index contributed by atoms with van der Waals surface area (Å²) in [4.78, 5) is 11.0. The van der Waals surface area contributed by atoms with Crippen LogP contribution in [0.4, 0.5) is 4.79 Å². The number of hydrogen-bond donors (Lipinski definition) is 2. The zero-order chi connectivity index (χ0) is 20.1. The molecule has 2 N–H and O–H groups in total. The molecule has 2 aromatic carbocycles. The van der Waals surface area contributed by atoms with Gasteiger partial charge in [-0.2, -0.15) is 4.31 Å². The molecule has 28 heavy (non-hydrogen) atoms. The van der Waals surface area contributed by atoms with Crippen molar-refractivity contribution in [3.05, 3.63) is 42.5 Å². The van der Waals surface area contributed by atoms with Gasteiger partial charge in [0.05, 0.1) is 4.90 Å². The monoisotopic (exact) mass is 404 g/mol. The third-order valence-corrected chi connectivity index (χ3v) is 7.62. The molecule has 3 rings (SSSR count). The molecule has 0 radical (unpaired) electrons. The molecule has 0 atom stereocenters. The van der Waals surface area contributed by atoms with Gasteiger partial charge in [-0.15, -0.1) is 0 Å². The molecule has 6 nitrogen and oxygen atoms in total. The highest BCUT2D eigenvalue weighted by atomic mass is 32.2. The second-order valence-corrected chi connectivity index (χ2v) is 9.48. The van der Waals surface area contributed by atoms with E-state index in [1.165, 1.54) is 0 Å². The lowest BCUT2D eigenvalue weighted by Crippen LogP contribution is -2.37. The van der Waals surface area contributed by atoms with Gasteiger partial charge in [0.2, 0.25) is 10.0 Å². The van der Waals surface area contributed by atoms with Crippen LogP contribution < -0.4 is 5.32 Å². The normalized spacial score (nSPS) is 20.4. The Morgan fingerprint density at radius 2 is 1.71 bits per heavy atom. The number of benzene rings is 2. The largest absolute Gasteiger partial charge is 0.465 e. The van der Waals surface area contributed by atoms with E-state index in [2.05, 4.69) is 5.32 Å². The van der Waals surface area contributed by atoms with Crippen molar-refractivity contribution in [2.75, 3.05) is 19.6 Å². The van der Waals surface area contributed by atoms with Crippen molar-refractivity contribution in [1.29, 1.82) is 0 Å².